The third-order valence-electron chi connectivity index (χ3n) is 1.51. The van der Waals surface area contributed by atoms with Crippen molar-refractivity contribution in [1.82, 2.24) is 14.5 Å². The van der Waals surface area contributed by atoms with Crippen molar-refractivity contribution in [3.05, 3.63) is 16.8 Å². The second-order valence-corrected chi connectivity index (χ2v) is 3.52. The summed E-state index contributed by atoms with van der Waals surface area (Å²) in [6, 6.07) is 0.207. The van der Waals surface area contributed by atoms with E-state index in [2.05, 4.69) is 15.3 Å². The Balaban J connectivity index is 2.84. The Hall–Kier alpha value is -1.10. The molecule has 0 bridgehead atoms. The predicted octanol–water partition coefficient (Wildman–Crippen LogP) is 0.697. The van der Waals surface area contributed by atoms with Crippen LogP contribution in [0.3, 0.4) is 0 Å². The lowest BCUT2D eigenvalue weighted by Crippen LogP contribution is -2.26. The summed E-state index contributed by atoms with van der Waals surface area (Å²) in [4.78, 5) is 19.1. The lowest BCUT2D eigenvalue weighted by atomic mass is 10.4. The molecule has 1 rings (SSSR count). The van der Waals surface area contributed by atoms with E-state index in [1.807, 2.05) is 13.8 Å². The zero-order chi connectivity index (χ0) is 10.6. The van der Waals surface area contributed by atoms with Crippen LogP contribution in [0, 0.1) is 0 Å². The number of anilines is 1. The first kappa shape index (κ1) is 11.0. The fourth-order valence-electron chi connectivity index (χ4n) is 0.930. The van der Waals surface area contributed by atoms with Gasteiger partial charge in [0.1, 0.15) is 6.33 Å². The molecule has 0 fully saturated rings. The lowest BCUT2D eigenvalue weighted by Gasteiger charge is -2.07. The molecule has 78 valence electrons. The Morgan fingerprint density at radius 3 is 2.86 bits per heavy atom. The molecule has 5 nitrogen and oxygen atoms in total. The average Bonchev–Trinajstić information content (AvgIpc) is 2.09. The molecular weight excluding hydrogens is 204 g/mol. The molecule has 0 saturated carbocycles. The molecule has 6 heteroatoms. The van der Waals surface area contributed by atoms with E-state index in [1.54, 1.807) is 0 Å². The standard InChI is InChI=1S/C8H13ClN4O/c1-6(2)11-7-10-5-13(4-3-9)8(14)12-7/h5-6H,3-4H2,1-2H3,(H,11,12,14). The molecule has 0 aliphatic heterocycles. The Bertz CT molecular complexity index is 349. The number of rotatable bonds is 4. The maximum absolute atomic E-state index is 11.3. The van der Waals surface area contributed by atoms with Crippen molar-refractivity contribution in [3.63, 3.8) is 0 Å². The summed E-state index contributed by atoms with van der Waals surface area (Å²) < 4.78 is 1.37. The second-order valence-electron chi connectivity index (χ2n) is 3.14. The number of halogens is 1. The number of aromatic nitrogens is 3. The van der Waals surface area contributed by atoms with Crippen LogP contribution in [-0.2, 0) is 6.54 Å². The first-order valence-corrected chi connectivity index (χ1v) is 4.93. The largest absolute Gasteiger partial charge is 0.352 e. The molecule has 1 heterocycles. The Morgan fingerprint density at radius 2 is 2.36 bits per heavy atom. The molecule has 1 aromatic heterocycles. The molecule has 0 aliphatic rings. The molecule has 0 atom stereocenters. The number of aryl methyl sites for hydroxylation is 1. The summed E-state index contributed by atoms with van der Waals surface area (Å²) in [6.07, 6.45) is 1.45. The topological polar surface area (TPSA) is 59.8 Å². The van der Waals surface area contributed by atoms with Gasteiger partial charge in [-0.3, -0.25) is 4.57 Å². The average molecular weight is 217 g/mol. The highest BCUT2D eigenvalue weighted by Gasteiger charge is 2.01. The van der Waals surface area contributed by atoms with Gasteiger partial charge in [0.2, 0.25) is 5.95 Å². The van der Waals surface area contributed by atoms with Gasteiger partial charge in [0, 0.05) is 18.5 Å². The first-order valence-electron chi connectivity index (χ1n) is 4.39. The quantitative estimate of drug-likeness (QED) is 0.753. The Morgan fingerprint density at radius 1 is 1.64 bits per heavy atom. The van der Waals surface area contributed by atoms with Crippen molar-refractivity contribution in [1.29, 1.82) is 0 Å². The monoisotopic (exact) mass is 216 g/mol. The zero-order valence-electron chi connectivity index (χ0n) is 8.20. The van der Waals surface area contributed by atoms with E-state index in [4.69, 9.17) is 11.6 Å². The van der Waals surface area contributed by atoms with Gasteiger partial charge in [0.25, 0.3) is 0 Å². The van der Waals surface area contributed by atoms with Crippen LogP contribution in [0.15, 0.2) is 11.1 Å². The van der Waals surface area contributed by atoms with E-state index in [-0.39, 0.29) is 11.7 Å². The number of hydrogen-bond acceptors (Lipinski definition) is 4. The van der Waals surface area contributed by atoms with Gasteiger partial charge in [0.15, 0.2) is 0 Å². The van der Waals surface area contributed by atoms with Crippen LogP contribution >= 0.6 is 11.6 Å². The van der Waals surface area contributed by atoms with E-state index in [1.165, 1.54) is 10.9 Å². The molecule has 0 aromatic carbocycles. The van der Waals surface area contributed by atoms with Crippen LogP contribution in [0.1, 0.15) is 13.8 Å². The van der Waals surface area contributed by atoms with E-state index < -0.39 is 0 Å². The van der Waals surface area contributed by atoms with Gasteiger partial charge in [-0.1, -0.05) is 0 Å². The smallest absolute Gasteiger partial charge is 0.352 e. The van der Waals surface area contributed by atoms with Gasteiger partial charge in [-0.2, -0.15) is 4.98 Å². The molecule has 1 aromatic rings. The minimum Gasteiger partial charge on any atom is -0.352 e. The fraction of sp³-hybridized carbons (Fsp3) is 0.625. The summed E-state index contributed by atoms with van der Waals surface area (Å²) in [7, 11) is 0. The minimum atomic E-state index is -0.330. The maximum atomic E-state index is 11.3. The summed E-state index contributed by atoms with van der Waals surface area (Å²) in [5.74, 6) is 0.732. The third kappa shape index (κ3) is 2.99. The summed E-state index contributed by atoms with van der Waals surface area (Å²) in [6.45, 7) is 4.34. The van der Waals surface area contributed by atoms with Crippen molar-refractivity contribution in [2.45, 2.75) is 26.4 Å². The summed E-state index contributed by atoms with van der Waals surface area (Å²) >= 11 is 5.50. The van der Waals surface area contributed by atoms with Crippen LogP contribution in [0.5, 0.6) is 0 Å². The number of hydrogen-bond donors (Lipinski definition) is 1. The van der Waals surface area contributed by atoms with Gasteiger partial charge in [-0.05, 0) is 13.8 Å². The van der Waals surface area contributed by atoms with Gasteiger partial charge < -0.3 is 5.32 Å². The molecule has 0 unspecified atom stereocenters. The van der Waals surface area contributed by atoms with Gasteiger partial charge >= 0.3 is 5.69 Å². The molecule has 14 heavy (non-hydrogen) atoms. The summed E-state index contributed by atoms with van der Waals surface area (Å²) in [5, 5.41) is 2.95. The van der Waals surface area contributed by atoms with Crippen molar-refractivity contribution in [2.75, 3.05) is 11.2 Å². The van der Waals surface area contributed by atoms with E-state index in [0.717, 1.165) is 0 Å². The van der Waals surface area contributed by atoms with Crippen LogP contribution in [0.25, 0.3) is 0 Å². The van der Waals surface area contributed by atoms with Crippen LogP contribution in [-0.4, -0.2) is 26.5 Å². The molecule has 0 radical (unpaired) electrons. The Kier molecular flexibility index (Phi) is 3.88. The number of alkyl halides is 1. The van der Waals surface area contributed by atoms with Crippen molar-refractivity contribution >= 4 is 17.5 Å². The Labute approximate surface area is 87.1 Å². The molecule has 1 N–H and O–H groups in total. The lowest BCUT2D eigenvalue weighted by molar-refractivity contribution is 0.677. The third-order valence-corrected chi connectivity index (χ3v) is 1.68. The zero-order valence-corrected chi connectivity index (χ0v) is 8.95. The molecule has 0 amide bonds. The fourth-order valence-corrected chi connectivity index (χ4v) is 1.11. The van der Waals surface area contributed by atoms with Crippen molar-refractivity contribution in [2.24, 2.45) is 0 Å². The second kappa shape index (κ2) is 4.95. The number of nitrogens with one attached hydrogen (secondary N) is 1. The summed E-state index contributed by atoms with van der Waals surface area (Å²) in [5.41, 5.74) is -0.330. The molecule has 0 spiro atoms. The van der Waals surface area contributed by atoms with E-state index in [0.29, 0.717) is 18.4 Å². The molecule has 0 aliphatic carbocycles. The SMILES string of the molecule is CC(C)Nc1ncn(CCCl)c(=O)n1. The van der Waals surface area contributed by atoms with E-state index >= 15 is 0 Å². The predicted molar refractivity (Wildman–Crippen MR) is 55.8 cm³/mol. The highest BCUT2D eigenvalue weighted by Crippen LogP contribution is 1.94. The normalized spacial score (nSPS) is 10.6. The van der Waals surface area contributed by atoms with E-state index in [9.17, 15) is 4.79 Å². The molecule has 0 saturated heterocycles. The highest BCUT2D eigenvalue weighted by molar-refractivity contribution is 6.17. The van der Waals surface area contributed by atoms with Crippen LogP contribution in [0.2, 0.25) is 0 Å². The van der Waals surface area contributed by atoms with Crippen molar-refractivity contribution in [3.8, 4) is 0 Å². The minimum absolute atomic E-state index is 0.207. The number of nitrogens with zero attached hydrogens (tertiary/aromatic N) is 3. The van der Waals surface area contributed by atoms with Gasteiger partial charge in [-0.25, -0.2) is 9.78 Å². The maximum Gasteiger partial charge on any atom is 0.352 e. The highest BCUT2D eigenvalue weighted by atomic mass is 35.5. The van der Waals surface area contributed by atoms with Gasteiger partial charge in [-0.15, -0.1) is 11.6 Å². The first-order chi connectivity index (χ1) is 6.63. The van der Waals surface area contributed by atoms with Crippen LogP contribution < -0.4 is 11.0 Å². The van der Waals surface area contributed by atoms with Gasteiger partial charge in [0.05, 0.1) is 0 Å². The molecular formula is C8H13ClN4O. The van der Waals surface area contributed by atoms with Crippen molar-refractivity contribution < 1.29 is 0 Å². The van der Waals surface area contributed by atoms with Crippen LogP contribution in [0.4, 0.5) is 5.95 Å².